The summed E-state index contributed by atoms with van der Waals surface area (Å²) < 4.78 is 40.6. The van der Waals surface area contributed by atoms with Crippen molar-refractivity contribution < 1.29 is 48.5 Å². The molecular weight excluding hydrogens is 640 g/mol. The number of rotatable bonds is 12. The van der Waals surface area contributed by atoms with Gasteiger partial charge >= 0.3 is 5.97 Å². The van der Waals surface area contributed by atoms with E-state index in [1.54, 1.807) is 14.0 Å². The highest BCUT2D eigenvalue weighted by atomic mass is 16.7. The number of carbonyl (C=O) groups is 1. The molecule has 5 aliphatic heterocycles. The van der Waals surface area contributed by atoms with Gasteiger partial charge in [-0.25, -0.2) is 0 Å². The molecular formula is C40H70O10. The van der Waals surface area contributed by atoms with Gasteiger partial charge < -0.3 is 43.7 Å². The molecule has 0 radical (unpaired) electrons. The fraction of sp³-hybridized carbons (Fsp3) is 0.975. The lowest BCUT2D eigenvalue weighted by Gasteiger charge is -2.50. The summed E-state index contributed by atoms with van der Waals surface area (Å²) in [6.07, 6.45) is 5.11. The molecule has 0 aromatic heterocycles. The first-order chi connectivity index (χ1) is 23.3. The topological polar surface area (TPSA) is 133 Å². The van der Waals surface area contributed by atoms with E-state index in [0.717, 1.165) is 51.4 Å². The average Bonchev–Trinajstić information content (AvgIpc) is 3.73. The molecule has 0 aromatic carbocycles. The van der Waals surface area contributed by atoms with Gasteiger partial charge in [0, 0.05) is 31.8 Å². The molecule has 5 aliphatic rings. The Morgan fingerprint density at radius 3 is 2.22 bits per heavy atom. The first kappa shape index (κ1) is 40.3. The molecule has 10 heteroatoms. The second-order valence-electron chi connectivity index (χ2n) is 18.1. The van der Waals surface area contributed by atoms with Gasteiger partial charge in [0.15, 0.2) is 5.79 Å². The minimum absolute atomic E-state index is 0.000554. The Labute approximate surface area is 301 Å². The number of aliphatic hydroxyl groups is 2. The molecule has 5 heterocycles. The summed E-state index contributed by atoms with van der Waals surface area (Å²) >= 11 is 0. The molecule has 10 nitrogen and oxygen atoms in total. The van der Waals surface area contributed by atoms with Gasteiger partial charge in [0.25, 0.3) is 0 Å². The molecule has 0 bridgehead atoms. The molecule has 50 heavy (non-hydrogen) atoms. The standard InChI is InChI=1S/C40H70O10/c1-21-12-13-29(46-35(21)26(6)37(43)44)18-30-19-31(45-11)27(7)40(48-30)25(5)20-39(10,50-40)33-14-15-38(9,49-33)36-24(4)17-32(47-36)34(42)23(3)16-22(2)28(8)41/h21-36,41-42H,12-20H2,1-11H3,(H,43,44). The van der Waals surface area contributed by atoms with Crippen LogP contribution in [0.15, 0.2) is 0 Å². The summed E-state index contributed by atoms with van der Waals surface area (Å²) in [5.41, 5.74) is -1.08. The number of ether oxygens (including phenoxy) is 6. The van der Waals surface area contributed by atoms with Crippen molar-refractivity contribution in [2.45, 2.75) is 199 Å². The van der Waals surface area contributed by atoms with E-state index in [4.69, 9.17) is 28.4 Å². The van der Waals surface area contributed by atoms with Crippen molar-refractivity contribution in [3.63, 3.8) is 0 Å². The van der Waals surface area contributed by atoms with Gasteiger partial charge in [-0.3, -0.25) is 4.79 Å². The number of carboxylic acid groups (broad SMARTS) is 1. The van der Waals surface area contributed by atoms with Crippen molar-refractivity contribution in [1.29, 1.82) is 0 Å². The van der Waals surface area contributed by atoms with Crippen LogP contribution < -0.4 is 0 Å². The molecule has 0 aliphatic carbocycles. The predicted molar refractivity (Wildman–Crippen MR) is 190 cm³/mol. The maximum atomic E-state index is 11.8. The zero-order valence-corrected chi connectivity index (χ0v) is 32.8. The normalized spacial score (nSPS) is 48.4. The lowest BCUT2D eigenvalue weighted by Crippen LogP contribution is -2.58. The third-order valence-corrected chi connectivity index (χ3v) is 14.0. The summed E-state index contributed by atoms with van der Waals surface area (Å²) in [7, 11) is 1.77. The molecule has 0 amide bonds. The highest BCUT2D eigenvalue weighted by molar-refractivity contribution is 5.70. The van der Waals surface area contributed by atoms with Gasteiger partial charge in [0.2, 0.25) is 0 Å². The first-order valence-corrected chi connectivity index (χ1v) is 19.8. The van der Waals surface area contributed by atoms with Crippen LogP contribution >= 0.6 is 0 Å². The molecule has 5 fully saturated rings. The SMILES string of the molecule is COC1CC(CC2CCC(C)C(C(C)C(=O)O)O2)OC2(OC(C)(C3CCC(C)(C4OC(C(O)C(C)CC(C)C(C)O)CC4C)O3)CC2C)C1C. The van der Waals surface area contributed by atoms with E-state index in [-0.39, 0.29) is 78.2 Å². The van der Waals surface area contributed by atoms with E-state index in [9.17, 15) is 20.1 Å². The largest absolute Gasteiger partial charge is 0.481 e. The molecule has 0 aromatic rings. The van der Waals surface area contributed by atoms with Gasteiger partial charge in [-0.2, -0.15) is 0 Å². The average molecular weight is 711 g/mol. The summed E-state index contributed by atoms with van der Waals surface area (Å²) in [5, 5.41) is 31.0. The Morgan fingerprint density at radius 1 is 0.880 bits per heavy atom. The molecule has 19 unspecified atom stereocenters. The second-order valence-corrected chi connectivity index (χ2v) is 18.1. The van der Waals surface area contributed by atoms with Crippen LogP contribution in [0.2, 0.25) is 0 Å². The van der Waals surface area contributed by atoms with Gasteiger partial charge in [-0.05, 0) is 96.3 Å². The summed E-state index contributed by atoms with van der Waals surface area (Å²) in [6, 6.07) is 0. The first-order valence-electron chi connectivity index (χ1n) is 19.8. The van der Waals surface area contributed by atoms with E-state index in [2.05, 4.69) is 48.5 Å². The predicted octanol–water partition coefficient (Wildman–Crippen LogP) is 6.37. The Morgan fingerprint density at radius 2 is 1.58 bits per heavy atom. The molecule has 0 saturated carbocycles. The third-order valence-electron chi connectivity index (χ3n) is 14.0. The molecule has 19 atom stereocenters. The number of aliphatic carboxylic acids is 1. The van der Waals surface area contributed by atoms with Gasteiger partial charge in [0.1, 0.15) is 0 Å². The number of carboxylic acids is 1. The number of methoxy groups -OCH3 is 1. The molecule has 3 N–H and O–H groups in total. The van der Waals surface area contributed by atoms with Crippen molar-refractivity contribution in [2.75, 3.05) is 7.11 Å². The van der Waals surface area contributed by atoms with Crippen molar-refractivity contribution >= 4 is 5.97 Å². The maximum Gasteiger partial charge on any atom is 0.308 e. The van der Waals surface area contributed by atoms with Crippen LogP contribution in [-0.2, 0) is 33.2 Å². The molecule has 5 saturated heterocycles. The Balaban J connectivity index is 1.25. The van der Waals surface area contributed by atoms with Crippen molar-refractivity contribution in [3.05, 3.63) is 0 Å². The number of hydrogen-bond acceptors (Lipinski definition) is 9. The second kappa shape index (κ2) is 15.5. The fourth-order valence-corrected chi connectivity index (χ4v) is 10.6. The van der Waals surface area contributed by atoms with Crippen LogP contribution in [0.1, 0.15) is 127 Å². The van der Waals surface area contributed by atoms with Crippen molar-refractivity contribution in [3.8, 4) is 0 Å². The summed E-state index contributed by atoms with van der Waals surface area (Å²) in [6.45, 7) is 20.7. The van der Waals surface area contributed by atoms with E-state index in [1.165, 1.54) is 0 Å². The van der Waals surface area contributed by atoms with Crippen LogP contribution in [0.5, 0.6) is 0 Å². The van der Waals surface area contributed by atoms with E-state index in [1.807, 2.05) is 13.8 Å². The highest BCUT2D eigenvalue weighted by Crippen LogP contribution is 2.56. The highest BCUT2D eigenvalue weighted by Gasteiger charge is 2.65. The lowest BCUT2D eigenvalue weighted by atomic mass is 9.78. The Bertz CT molecular complexity index is 1150. The van der Waals surface area contributed by atoms with Crippen LogP contribution in [0.25, 0.3) is 0 Å². The minimum atomic E-state index is -0.845. The Hall–Kier alpha value is -0.850. The zero-order valence-electron chi connectivity index (χ0n) is 32.8. The van der Waals surface area contributed by atoms with Crippen LogP contribution in [-0.4, -0.2) is 100 Å². The zero-order chi connectivity index (χ0) is 36.9. The van der Waals surface area contributed by atoms with E-state index < -0.39 is 41.1 Å². The molecule has 5 rings (SSSR count). The summed E-state index contributed by atoms with van der Waals surface area (Å²) in [4.78, 5) is 11.8. The third kappa shape index (κ3) is 7.84. The van der Waals surface area contributed by atoms with E-state index >= 15 is 0 Å². The molecule has 1 spiro atoms. The van der Waals surface area contributed by atoms with E-state index in [0.29, 0.717) is 6.42 Å². The number of hydrogen-bond donors (Lipinski definition) is 3. The van der Waals surface area contributed by atoms with Gasteiger partial charge in [-0.1, -0.05) is 41.5 Å². The molecule has 290 valence electrons. The quantitative estimate of drug-likeness (QED) is 0.210. The van der Waals surface area contributed by atoms with Gasteiger partial charge in [0.05, 0.1) is 72.1 Å². The lowest BCUT2D eigenvalue weighted by molar-refractivity contribution is -0.352. The Kier molecular flexibility index (Phi) is 12.5. The smallest absolute Gasteiger partial charge is 0.308 e. The van der Waals surface area contributed by atoms with Gasteiger partial charge in [-0.15, -0.1) is 0 Å². The van der Waals surface area contributed by atoms with Crippen molar-refractivity contribution in [1.82, 2.24) is 0 Å². The number of aliphatic hydroxyl groups excluding tert-OH is 2. The van der Waals surface area contributed by atoms with Crippen LogP contribution in [0.3, 0.4) is 0 Å². The monoisotopic (exact) mass is 710 g/mol. The summed E-state index contributed by atoms with van der Waals surface area (Å²) in [5.74, 6) is -1.58. The minimum Gasteiger partial charge on any atom is -0.481 e. The van der Waals surface area contributed by atoms with Crippen LogP contribution in [0.4, 0.5) is 0 Å². The fourth-order valence-electron chi connectivity index (χ4n) is 10.6. The van der Waals surface area contributed by atoms with Crippen LogP contribution in [0, 0.1) is 41.4 Å². The maximum absolute atomic E-state index is 11.8. The van der Waals surface area contributed by atoms with Crippen molar-refractivity contribution in [2.24, 2.45) is 41.4 Å².